The first-order valence-corrected chi connectivity index (χ1v) is 4.96. The predicted octanol–water partition coefficient (Wildman–Crippen LogP) is 3.51. The van der Waals surface area contributed by atoms with Crippen molar-refractivity contribution in [2.24, 2.45) is 0 Å². The number of Topliss-reactive ketones (excluding diaryl/α,β-unsaturated/α-hetero) is 1. The van der Waals surface area contributed by atoms with Crippen molar-refractivity contribution in [3.05, 3.63) is 33.3 Å². The lowest BCUT2D eigenvalue weighted by molar-refractivity contribution is 0.0972. The molecule has 1 aliphatic rings. The van der Waals surface area contributed by atoms with Crippen molar-refractivity contribution in [2.75, 3.05) is 0 Å². The second-order valence-corrected chi connectivity index (χ2v) is 3.96. The molecule has 0 saturated heterocycles. The summed E-state index contributed by atoms with van der Waals surface area (Å²) >= 11 is 11.8. The van der Waals surface area contributed by atoms with Crippen molar-refractivity contribution in [3.8, 4) is 0 Å². The Hall–Kier alpha value is -0.530. The SMILES string of the molecule is O=C1CCCc2ccc(Cl)c(Cl)c21. The number of ketones is 1. The highest BCUT2D eigenvalue weighted by Crippen LogP contribution is 2.32. The van der Waals surface area contributed by atoms with Crippen LogP contribution in [0.15, 0.2) is 12.1 Å². The van der Waals surface area contributed by atoms with Gasteiger partial charge >= 0.3 is 0 Å². The zero-order valence-electron chi connectivity index (χ0n) is 6.94. The number of carbonyl (C=O) groups excluding carboxylic acids is 1. The molecule has 2 rings (SSSR count). The van der Waals surface area contributed by atoms with Crippen LogP contribution in [0.5, 0.6) is 0 Å². The molecule has 0 N–H and O–H groups in total. The number of fused-ring (bicyclic) bond motifs is 1. The van der Waals surface area contributed by atoms with Gasteiger partial charge in [0.15, 0.2) is 5.78 Å². The Kier molecular flexibility index (Phi) is 2.31. The van der Waals surface area contributed by atoms with E-state index in [9.17, 15) is 4.79 Å². The molecule has 3 heteroatoms. The van der Waals surface area contributed by atoms with Crippen LogP contribution < -0.4 is 0 Å². The molecule has 0 heterocycles. The molecule has 0 atom stereocenters. The number of hydrogen-bond acceptors (Lipinski definition) is 1. The summed E-state index contributed by atoms with van der Waals surface area (Å²) in [5, 5.41) is 0.888. The van der Waals surface area contributed by atoms with Crippen LogP contribution in [0.1, 0.15) is 28.8 Å². The number of rotatable bonds is 0. The van der Waals surface area contributed by atoms with E-state index < -0.39 is 0 Å². The van der Waals surface area contributed by atoms with E-state index in [1.54, 1.807) is 6.07 Å². The minimum absolute atomic E-state index is 0.119. The lowest BCUT2D eigenvalue weighted by Crippen LogP contribution is -2.11. The molecule has 1 nitrogen and oxygen atoms in total. The molecule has 1 aromatic rings. The smallest absolute Gasteiger partial charge is 0.164 e. The molecule has 0 fully saturated rings. The van der Waals surface area contributed by atoms with Gasteiger partial charge in [0.05, 0.1) is 10.0 Å². The van der Waals surface area contributed by atoms with Gasteiger partial charge in [-0.25, -0.2) is 0 Å². The first kappa shape index (κ1) is 9.04. The van der Waals surface area contributed by atoms with Crippen molar-refractivity contribution in [1.29, 1.82) is 0 Å². The summed E-state index contributed by atoms with van der Waals surface area (Å²) in [5.41, 5.74) is 1.67. The fourth-order valence-corrected chi connectivity index (χ4v) is 2.11. The van der Waals surface area contributed by atoms with Crippen LogP contribution in [-0.2, 0) is 6.42 Å². The standard InChI is InChI=1S/C10H8Cl2O/c11-7-5-4-6-2-1-3-8(13)9(6)10(7)12/h4-5H,1-3H2. The summed E-state index contributed by atoms with van der Waals surface area (Å²) in [6.07, 6.45) is 2.44. The third-order valence-electron chi connectivity index (χ3n) is 2.31. The van der Waals surface area contributed by atoms with E-state index in [2.05, 4.69) is 0 Å². The minimum Gasteiger partial charge on any atom is -0.294 e. The van der Waals surface area contributed by atoms with Crippen LogP contribution in [0.25, 0.3) is 0 Å². The highest BCUT2D eigenvalue weighted by molar-refractivity contribution is 6.44. The maximum atomic E-state index is 11.5. The summed E-state index contributed by atoms with van der Waals surface area (Å²) in [6, 6.07) is 3.64. The van der Waals surface area contributed by atoms with Gasteiger partial charge in [0.25, 0.3) is 0 Å². The van der Waals surface area contributed by atoms with Crippen molar-refractivity contribution < 1.29 is 4.79 Å². The van der Waals surface area contributed by atoms with E-state index in [0.717, 1.165) is 18.4 Å². The third kappa shape index (κ3) is 1.47. The molecule has 0 spiro atoms. The lowest BCUT2D eigenvalue weighted by atomic mass is 9.91. The topological polar surface area (TPSA) is 17.1 Å². The molecule has 0 aliphatic heterocycles. The quantitative estimate of drug-likeness (QED) is 0.647. The van der Waals surface area contributed by atoms with Gasteiger partial charge in [-0.3, -0.25) is 4.79 Å². The van der Waals surface area contributed by atoms with Crippen molar-refractivity contribution >= 4 is 29.0 Å². The largest absolute Gasteiger partial charge is 0.294 e. The van der Waals surface area contributed by atoms with E-state index in [0.29, 0.717) is 22.0 Å². The molecule has 0 bridgehead atoms. The Morgan fingerprint density at radius 3 is 2.69 bits per heavy atom. The van der Waals surface area contributed by atoms with Crippen LogP contribution >= 0.6 is 23.2 Å². The Morgan fingerprint density at radius 1 is 1.15 bits per heavy atom. The van der Waals surface area contributed by atoms with Crippen LogP contribution in [0, 0.1) is 0 Å². The number of carbonyl (C=O) groups is 1. The Bertz CT molecular complexity index is 371. The maximum absolute atomic E-state index is 11.5. The summed E-state index contributed by atoms with van der Waals surface area (Å²) in [6.45, 7) is 0. The van der Waals surface area contributed by atoms with Gasteiger partial charge in [-0.15, -0.1) is 0 Å². The van der Waals surface area contributed by atoms with Gasteiger partial charge in [0.1, 0.15) is 0 Å². The molecule has 68 valence electrons. The summed E-state index contributed by atoms with van der Waals surface area (Å²) in [7, 11) is 0. The zero-order chi connectivity index (χ0) is 9.42. The van der Waals surface area contributed by atoms with Crippen molar-refractivity contribution in [1.82, 2.24) is 0 Å². The Labute approximate surface area is 86.7 Å². The molecule has 1 aromatic carbocycles. The average molecular weight is 215 g/mol. The number of halogens is 2. The average Bonchev–Trinajstić information content (AvgIpc) is 2.12. The Balaban J connectivity index is 2.65. The van der Waals surface area contributed by atoms with Crippen LogP contribution in [0.3, 0.4) is 0 Å². The highest BCUT2D eigenvalue weighted by atomic mass is 35.5. The molecule has 13 heavy (non-hydrogen) atoms. The van der Waals surface area contributed by atoms with E-state index in [1.165, 1.54) is 0 Å². The normalized spacial score (nSPS) is 15.7. The van der Waals surface area contributed by atoms with Crippen molar-refractivity contribution in [3.63, 3.8) is 0 Å². The molecule has 0 unspecified atom stereocenters. The molecule has 1 aliphatic carbocycles. The van der Waals surface area contributed by atoms with Crippen LogP contribution in [0.4, 0.5) is 0 Å². The van der Waals surface area contributed by atoms with Crippen molar-refractivity contribution in [2.45, 2.75) is 19.3 Å². The summed E-state index contributed by atoms with van der Waals surface area (Å²) in [5.74, 6) is 0.119. The number of benzene rings is 1. The van der Waals surface area contributed by atoms with Gasteiger partial charge in [0.2, 0.25) is 0 Å². The molecular formula is C10H8Cl2O. The van der Waals surface area contributed by atoms with E-state index in [1.807, 2.05) is 6.07 Å². The molecule has 0 aromatic heterocycles. The summed E-state index contributed by atoms with van der Waals surface area (Å²) in [4.78, 5) is 11.5. The molecule has 0 amide bonds. The third-order valence-corrected chi connectivity index (χ3v) is 3.11. The zero-order valence-corrected chi connectivity index (χ0v) is 8.45. The van der Waals surface area contributed by atoms with Crippen LogP contribution in [0.2, 0.25) is 10.0 Å². The van der Waals surface area contributed by atoms with Crippen LogP contribution in [-0.4, -0.2) is 5.78 Å². The monoisotopic (exact) mass is 214 g/mol. The fourth-order valence-electron chi connectivity index (χ4n) is 1.66. The molecule has 0 radical (unpaired) electrons. The second-order valence-electron chi connectivity index (χ2n) is 3.17. The number of hydrogen-bond donors (Lipinski definition) is 0. The Morgan fingerprint density at radius 2 is 1.92 bits per heavy atom. The first-order valence-electron chi connectivity index (χ1n) is 4.20. The van der Waals surface area contributed by atoms with Gasteiger partial charge in [-0.1, -0.05) is 29.3 Å². The fraction of sp³-hybridized carbons (Fsp3) is 0.300. The van der Waals surface area contributed by atoms with Gasteiger partial charge < -0.3 is 0 Å². The summed E-state index contributed by atoms with van der Waals surface area (Å²) < 4.78 is 0. The second kappa shape index (κ2) is 3.32. The minimum atomic E-state index is 0.119. The predicted molar refractivity (Wildman–Crippen MR) is 53.7 cm³/mol. The van der Waals surface area contributed by atoms with E-state index in [4.69, 9.17) is 23.2 Å². The maximum Gasteiger partial charge on any atom is 0.164 e. The highest BCUT2D eigenvalue weighted by Gasteiger charge is 2.21. The molecular weight excluding hydrogens is 207 g/mol. The molecule has 0 saturated carbocycles. The number of aryl methyl sites for hydroxylation is 1. The van der Waals surface area contributed by atoms with Gasteiger partial charge in [-0.2, -0.15) is 0 Å². The van der Waals surface area contributed by atoms with Gasteiger partial charge in [-0.05, 0) is 24.5 Å². The van der Waals surface area contributed by atoms with E-state index in [-0.39, 0.29) is 5.78 Å². The lowest BCUT2D eigenvalue weighted by Gasteiger charge is -2.16. The van der Waals surface area contributed by atoms with E-state index >= 15 is 0 Å². The first-order chi connectivity index (χ1) is 6.20. The van der Waals surface area contributed by atoms with Gasteiger partial charge in [0, 0.05) is 12.0 Å².